The molecule has 0 aliphatic heterocycles. The highest BCUT2D eigenvalue weighted by atomic mass is 35.5. The molecule has 2 rings (SSSR count). The minimum atomic E-state index is 0.0149. The van der Waals surface area contributed by atoms with Gasteiger partial charge in [-0.25, -0.2) is 0 Å². The van der Waals surface area contributed by atoms with E-state index < -0.39 is 0 Å². The maximum Gasteiger partial charge on any atom is 0.124 e. The molecule has 1 atom stereocenters. The molecule has 0 spiro atoms. The summed E-state index contributed by atoms with van der Waals surface area (Å²) in [6.45, 7) is 5.98. The zero-order chi connectivity index (χ0) is 15.2. The van der Waals surface area contributed by atoms with E-state index in [9.17, 15) is 0 Å². The Kier molecular flexibility index (Phi) is 5.65. The number of ether oxygens (including phenoxy) is 1. The normalized spacial score (nSPS) is 12.4. The van der Waals surface area contributed by atoms with Crippen molar-refractivity contribution in [1.82, 2.24) is 15.1 Å². The van der Waals surface area contributed by atoms with Crippen LogP contribution in [-0.2, 0) is 6.54 Å². The summed E-state index contributed by atoms with van der Waals surface area (Å²) in [5.41, 5.74) is 2.15. The first-order chi connectivity index (χ1) is 10.2. The van der Waals surface area contributed by atoms with Crippen molar-refractivity contribution in [3.05, 3.63) is 46.7 Å². The SMILES string of the molecule is CCCNC(c1cc(Cl)ccc1OC)c1ccnn1CC. The third kappa shape index (κ3) is 3.57. The van der Waals surface area contributed by atoms with E-state index in [0.717, 1.165) is 36.5 Å². The van der Waals surface area contributed by atoms with Gasteiger partial charge in [0.05, 0.1) is 18.8 Å². The standard InChI is InChI=1S/C16H22ClN3O/c1-4-9-18-16(14-8-10-19-20(14)5-2)13-11-12(17)6-7-15(13)21-3/h6-8,10-11,16,18H,4-5,9H2,1-3H3. The third-order valence-electron chi connectivity index (χ3n) is 3.45. The summed E-state index contributed by atoms with van der Waals surface area (Å²) in [5.74, 6) is 0.830. The average Bonchev–Trinajstić information content (AvgIpc) is 2.96. The molecule has 0 bridgehead atoms. The molecule has 0 saturated carbocycles. The molecule has 0 amide bonds. The molecule has 4 nitrogen and oxygen atoms in total. The van der Waals surface area contributed by atoms with Crippen molar-refractivity contribution in [3.8, 4) is 5.75 Å². The molecule has 2 aromatic rings. The topological polar surface area (TPSA) is 39.1 Å². The van der Waals surface area contributed by atoms with Crippen LogP contribution >= 0.6 is 11.6 Å². The number of hydrogen-bond donors (Lipinski definition) is 1. The average molecular weight is 308 g/mol. The molecule has 1 heterocycles. The second-order valence-electron chi connectivity index (χ2n) is 4.85. The van der Waals surface area contributed by atoms with Crippen LogP contribution in [0.4, 0.5) is 0 Å². The van der Waals surface area contributed by atoms with Gasteiger partial charge in [-0.05, 0) is 44.2 Å². The van der Waals surface area contributed by atoms with Gasteiger partial charge >= 0.3 is 0 Å². The van der Waals surface area contributed by atoms with E-state index in [-0.39, 0.29) is 6.04 Å². The van der Waals surface area contributed by atoms with E-state index in [1.807, 2.05) is 35.1 Å². The number of benzene rings is 1. The fourth-order valence-corrected chi connectivity index (χ4v) is 2.63. The molecule has 21 heavy (non-hydrogen) atoms. The predicted octanol–water partition coefficient (Wildman–Crippen LogP) is 3.65. The van der Waals surface area contributed by atoms with Crippen LogP contribution in [-0.4, -0.2) is 23.4 Å². The quantitative estimate of drug-likeness (QED) is 0.848. The molecule has 0 aliphatic carbocycles. The van der Waals surface area contributed by atoms with Gasteiger partial charge in [-0.3, -0.25) is 4.68 Å². The second kappa shape index (κ2) is 7.48. The minimum Gasteiger partial charge on any atom is -0.496 e. The first kappa shape index (κ1) is 15.9. The number of methoxy groups -OCH3 is 1. The Morgan fingerprint density at radius 2 is 2.14 bits per heavy atom. The summed E-state index contributed by atoms with van der Waals surface area (Å²) in [5, 5.41) is 8.64. The number of hydrogen-bond acceptors (Lipinski definition) is 3. The van der Waals surface area contributed by atoms with Crippen molar-refractivity contribution in [2.24, 2.45) is 0 Å². The number of nitrogens with zero attached hydrogens (tertiary/aromatic N) is 2. The zero-order valence-corrected chi connectivity index (χ0v) is 13.5. The van der Waals surface area contributed by atoms with Gasteiger partial charge in [-0.15, -0.1) is 0 Å². The van der Waals surface area contributed by atoms with Gasteiger partial charge < -0.3 is 10.1 Å². The Balaban J connectivity index is 2.47. The van der Waals surface area contributed by atoms with Crippen LogP contribution in [0.5, 0.6) is 5.75 Å². The third-order valence-corrected chi connectivity index (χ3v) is 3.68. The van der Waals surface area contributed by atoms with Gasteiger partial charge in [-0.1, -0.05) is 18.5 Å². The molecule has 1 N–H and O–H groups in total. The molecule has 1 aromatic carbocycles. The molecule has 0 fully saturated rings. The van der Waals surface area contributed by atoms with Crippen LogP contribution < -0.4 is 10.1 Å². The highest BCUT2D eigenvalue weighted by molar-refractivity contribution is 6.30. The van der Waals surface area contributed by atoms with E-state index in [0.29, 0.717) is 5.02 Å². The molecule has 0 saturated heterocycles. The van der Waals surface area contributed by atoms with Gasteiger partial charge in [0, 0.05) is 23.3 Å². The fraction of sp³-hybridized carbons (Fsp3) is 0.438. The summed E-state index contributed by atoms with van der Waals surface area (Å²) in [6.07, 6.45) is 2.89. The monoisotopic (exact) mass is 307 g/mol. The van der Waals surface area contributed by atoms with Crippen molar-refractivity contribution < 1.29 is 4.74 Å². The molecule has 1 aromatic heterocycles. The Bertz CT molecular complexity index is 583. The number of rotatable bonds is 7. The van der Waals surface area contributed by atoms with E-state index in [2.05, 4.69) is 24.3 Å². The highest BCUT2D eigenvalue weighted by Crippen LogP contribution is 2.32. The van der Waals surface area contributed by atoms with Crippen LogP contribution in [0, 0.1) is 0 Å². The highest BCUT2D eigenvalue weighted by Gasteiger charge is 2.21. The van der Waals surface area contributed by atoms with Crippen LogP contribution in [0.25, 0.3) is 0 Å². The van der Waals surface area contributed by atoms with Gasteiger partial charge in [0.15, 0.2) is 0 Å². The van der Waals surface area contributed by atoms with Crippen molar-refractivity contribution in [1.29, 1.82) is 0 Å². The van der Waals surface area contributed by atoms with Crippen LogP contribution in [0.2, 0.25) is 5.02 Å². The van der Waals surface area contributed by atoms with E-state index in [4.69, 9.17) is 16.3 Å². The van der Waals surface area contributed by atoms with Gasteiger partial charge in [-0.2, -0.15) is 5.10 Å². The van der Waals surface area contributed by atoms with Crippen LogP contribution in [0.3, 0.4) is 0 Å². The van der Waals surface area contributed by atoms with E-state index >= 15 is 0 Å². The van der Waals surface area contributed by atoms with Gasteiger partial charge in [0.25, 0.3) is 0 Å². The van der Waals surface area contributed by atoms with Crippen molar-refractivity contribution >= 4 is 11.6 Å². The lowest BCUT2D eigenvalue weighted by molar-refractivity contribution is 0.401. The number of nitrogens with one attached hydrogen (secondary N) is 1. The number of aryl methyl sites for hydroxylation is 1. The van der Waals surface area contributed by atoms with Gasteiger partial charge in [0.1, 0.15) is 5.75 Å². The zero-order valence-electron chi connectivity index (χ0n) is 12.8. The van der Waals surface area contributed by atoms with E-state index in [1.165, 1.54) is 0 Å². The minimum absolute atomic E-state index is 0.0149. The maximum absolute atomic E-state index is 6.18. The smallest absolute Gasteiger partial charge is 0.124 e. The molecule has 5 heteroatoms. The fourth-order valence-electron chi connectivity index (χ4n) is 2.45. The molecular formula is C16H22ClN3O. The van der Waals surface area contributed by atoms with Crippen molar-refractivity contribution in [2.75, 3.05) is 13.7 Å². The van der Waals surface area contributed by atoms with E-state index in [1.54, 1.807) is 7.11 Å². The van der Waals surface area contributed by atoms with Gasteiger partial charge in [0.2, 0.25) is 0 Å². The molecule has 1 unspecified atom stereocenters. The summed E-state index contributed by atoms with van der Waals surface area (Å²) in [6, 6.07) is 7.77. The number of aromatic nitrogens is 2. The lowest BCUT2D eigenvalue weighted by Crippen LogP contribution is -2.26. The van der Waals surface area contributed by atoms with Crippen LogP contribution in [0.1, 0.15) is 37.6 Å². The summed E-state index contributed by atoms with van der Waals surface area (Å²) in [4.78, 5) is 0. The molecule has 114 valence electrons. The lowest BCUT2D eigenvalue weighted by Gasteiger charge is -2.22. The predicted molar refractivity (Wildman–Crippen MR) is 86.0 cm³/mol. The van der Waals surface area contributed by atoms with Crippen LogP contribution in [0.15, 0.2) is 30.5 Å². The molecular weight excluding hydrogens is 286 g/mol. The van der Waals surface area contributed by atoms with Crippen molar-refractivity contribution in [2.45, 2.75) is 32.9 Å². The van der Waals surface area contributed by atoms with Crippen molar-refractivity contribution in [3.63, 3.8) is 0 Å². The lowest BCUT2D eigenvalue weighted by atomic mass is 10.0. The summed E-state index contributed by atoms with van der Waals surface area (Å²) < 4.78 is 7.50. The largest absolute Gasteiger partial charge is 0.496 e. The molecule has 0 aliphatic rings. The second-order valence-corrected chi connectivity index (χ2v) is 5.28. The summed E-state index contributed by atoms with van der Waals surface area (Å²) >= 11 is 6.18. The Labute approximate surface area is 131 Å². The Morgan fingerprint density at radius 1 is 1.33 bits per heavy atom. The Morgan fingerprint density at radius 3 is 2.81 bits per heavy atom. The maximum atomic E-state index is 6.18. The number of halogens is 1. The first-order valence-electron chi connectivity index (χ1n) is 7.29. The Hall–Kier alpha value is -1.52. The summed E-state index contributed by atoms with van der Waals surface area (Å²) in [7, 11) is 1.68. The first-order valence-corrected chi connectivity index (χ1v) is 7.67. The molecule has 0 radical (unpaired) electrons.